The Morgan fingerprint density at radius 3 is 2.21 bits per heavy atom. The Labute approximate surface area is 153 Å². The van der Waals surface area contributed by atoms with Gasteiger partial charge in [-0.15, -0.1) is 12.4 Å². The second-order valence-corrected chi connectivity index (χ2v) is 7.84. The first-order valence-corrected chi connectivity index (χ1v) is 8.59. The van der Waals surface area contributed by atoms with E-state index in [0.29, 0.717) is 0 Å². The third-order valence-corrected chi connectivity index (χ3v) is 5.53. The summed E-state index contributed by atoms with van der Waals surface area (Å²) < 4.78 is 12.5. The molecule has 0 unspecified atom stereocenters. The van der Waals surface area contributed by atoms with Gasteiger partial charge >= 0.3 is 7.12 Å². The first kappa shape index (κ1) is 19.5. The van der Waals surface area contributed by atoms with Crippen LogP contribution in [0.3, 0.4) is 0 Å². The molecule has 0 N–H and O–H groups in total. The molecule has 1 aromatic rings. The summed E-state index contributed by atoms with van der Waals surface area (Å²) in [6.07, 6.45) is 1.09. The Morgan fingerprint density at radius 1 is 1.04 bits per heavy atom. The zero-order valence-electron chi connectivity index (χ0n) is 15.5. The zero-order valence-corrected chi connectivity index (χ0v) is 16.3. The Bertz CT molecular complexity index is 585. The van der Waals surface area contributed by atoms with E-state index in [9.17, 15) is 0 Å². The van der Waals surface area contributed by atoms with Crippen LogP contribution in [0.1, 0.15) is 46.6 Å². The molecule has 1 aromatic carbocycles. The van der Waals surface area contributed by atoms with Crippen LogP contribution >= 0.6 is 12.4 Å². The van der Waals surface area contributed by atoms with E-state index >= 15 is 0 Å². The van der Waals surface area contributed by atoms with Crippen molar-refractivity contribution in [1.82, 2.24) is 4.90 Å². The summed E-state index contributed by atoms with van der Waals surface area (Å²) in [7, 11) is -0.210. The quantitative estimate of drug-likeness (QED) is 0.761. The van der Waals surface area contributed by atoms with Crippen molar-refractivity contribution in [3.8, 4) is 0 Å². The molecule has 0 aromatic heterocycles. The fraction of sp³-hybridized carbons (Fsp3) is 0.579. The molecular formula is C19H29BClNO2. The molecule has 0 atom stereocenters. The summed E-state index contributed by atoms with van der Waals surface area (Å²) in [6.45, 7) is 13.7. The Balaban J connectivity index is 0.00000208. The summed E-state index contributed by atoms with van der Waals surface area (Å²) in [5, 5.41) is 0. The van der Waals surface area contributed by atoms with Crippen LogP contribution in [0, 0.1) is 0 Å². The van der Waals surface area contributed by atoms with E-state index in [1.807, 2.05) is 0 Å². The third-order valence-electron chi connectivity index (χ3n) is 5.53. The SMILES string of the molecule is CC1=C(B2OC(C)(C)C(C)(C)O2)CN(Cc2ccccc2)CC1.Cl. The fourth-order valence-corrected chi connectivity index (χ4v) is 3.18. The van der Waals surface area contributed by atoms with E-state index in [1.165, 1.54) is 16.6 Å². The van der Waals surface area contributed by atoms with Crippen LogP contribution in [0.5, 0.6) is 0 Å². The Morgan fingerprint density at radius 2 is 1.62 bits per heavy atom. The molecule has 1 fully saturated rings. The van der Waals surface area contributed by atoms with Gasteiger partial charge in [-0.3, -0.25) is 4.90 Å². The van der Waals surface area contributed by atoms with Crippen molar-refractivity contribution in [3.05, 3.63) is 46.9 Å². The molecule has 132 valence electrons. The van der Waals surface area contributed by atoms with Gasteiger partial charge in [0.05, 0.1) is 11.2 Å². The molecule has 2 heterocycles. The van der Waals surface area contributed by atoms with E-state index < -0.39 is 0 Å². The molecule has 0 spiro atoms. The summed E-state index contributed by atoms with van der Waals surface area (Å²) in [5.74, 6) is 0. The number of nitrogens with zero attached hydrogens (tertiary/aromatic N) is 1. The first-order chi connectivity index (χ1) is 10.8. The van der Waals surface area contributed by atoms with Crippen LogP contribution < -0.4 is 0 Å². The van der Waals surface area contributed by atoms with E-state index in [-0.39, 0.29) is 30.7 Å². The van der Waals surface area contributed by atoms with E-state index in [0.717, 1.165) is 26.1 Å². The lowest BCUT2D eigenvalue weighted by Crippen LogP contribution is -2.41. The molecule has 2 aliphatic heterocycles. The lowest BCUT2D eigenvalue weighted by atomic mass is 9.73. The van der Waals surface area contributed by atoms with Gasteiger partial charge in [0.1, 0.15) is 0 Å². The van der Waals surface area contributed by atoms with E-state index in [1.54, 1.807) is 0 Å². The predicted molar refractivity (Wildman–Crippen MR) is 102 cm³/mol. The molecule has 0 amide bonds. The molecule has 5 heteroatoms. The topological polar surface area (TPSA) is 21.7 Å². The molecule has 3 nitrogen and oxygen atoms in total. The highest BCUT2D eigenvalue weighted by Gasteiger charge is 2.53. The monoisotopic (exact) mass is 349 g/mol. The zero-order chi connectivity index (χ0) is 16.7. The normalized spacial score (nSPS) is 23.3. The van der Waals surface area contributed by atoms with Crippen molar-refractivity contribution < 1.29 is 9.31 Å². The maximum Gasteiger partial charge on any atom is 0.491 e. The molecule has 0 bridgehead atoms. The summed E-state index contributed by atoms with van der Waals surface area (Å²) in [6, 6.07) is 10.7. The van der Waals surface area contributed by atoms with Crippen LogP contribution in [0.25, 0.3) is 0 Å². The number of halogens is 1. The lowest BCUT2D eigenvalue weighted by molar-refractivity contribution is 0.00578. The second kappa shape index (κ2) is 7.21. The summed E-state index contributed by atoms with van der Waals surface area (Å²) >= 11 is 0. The average molecular weight is 350 g/mol. The van der Waals surface area contributed by atoms with Gasteiger partial charge in [0.25, 0.3) is 0 Å². The number of rotatable bonds is 3. The van der Waals surface area contributed by atoms with Gasteiger partial charge in [0.2, 0.25) is 0 Å². The van der Waals surface area contributed by atoms with Crippen LogP contribution in [0.15, 0.2) is 41.4 Å². The molecule has 24 heavy (non-hydrogen) atoms. The highest BCUT2D eigenvalue weighted by molar-refractivity contribution is 6.55. The van der Waals surface area contributed by atoms with Crippen LogP contribution in [0.4, 0.5) is 0 Å². The number of hydrogen-bond donors (Lipinski definition) is 0. The van der Waals surface area contributed by atoms with Gasteiger partial charge in [-0.2, -0.15) is 0 Å². The van der Waals surface area contributed by atoms with Crippen LogP contribution in [-0.4, -0.2) is 36.3 Å². The molecule has 0 saturated carbocycles. The third kappa shape index (κ3) is 3.88. The molecule has 2 aliphatic rings. The second-order valence-electron chi connectivity index (χ2n) is 7.84. The van der Waals surface area contributed by atoms with Crippen molar-refractivity contribution in [2.75, 3.05) is 13.1 Å². The lowest BCUT2D eigenvalue weighted by Gasteiger charge is -2.32. The highest BCUT2D eigenvalue weighted by atomic mass is 35.5. The van der Waals surface area contributed by atoms with Crippen molar-refractivity contribution in [1.29, 1.82) is 0 Å². The standard InChI is InChI=1S/C19H28BNO2.ClH/c1-15-11-12-21(13-16-9-7-6-8-10-16)14-17(15)20-22-18(2,3)19(4,5)23-20;/h6-10H,11-14H2,1-5H3;1H. The van der Waals surface area contributed by atoms with E-state index in [2.05, 4.69) is 69.9 Å². The molecule has 1 saturated heterocycles. The predicted octanol–water partition coefficient (Wildman–Crippen LogP) is 4.26. The largest absolute Gasteiger partial charge is 0.491 e. The minimum Gasteiger partial charge on any atom is -0.400 e. The van der Waals surface area contributed by atoms with Crippen molar-refractivity contribution >= 4 is 19.5 Å². The fourth-order valence-electron chi connectivity index (χ4n) is 3.18. The molecule has 3 rings (SSSR count). The first-order valence-electron chi connectivity index (χ1n) is 8.59. The van der Waals surface area contributed by atoms with Gasteiger partial charge < -0.3 is 9.31 Å². The minimum atomic E-state index is -0.271. The van der Waals surface area contributed by atoms with Crippen molar-refractivity contribution in [2.45, 2.75) is 58.8 Å². The Hall–Kier alpha value is -0.805. The summed E-state index contributed by atoms with van der Waals surface area (Å²) in [5.41, 5.74) is 3.55. The smallest absolute Gasteiger partial charge is 0.400 e. The maximum atomic E-state index is 6.27. The number of hydrogen-bond acceptors (Lipinski definition) is 3. The average Bonchev–Trinajstić information content (AvgIpc) is 2.70. The van der Waals surface area contributed by atoms with Gasteiger partial charge in [-0.1, -0.05) is 35.9 Å². The minimum absolute atomic E-state index is 0. The van der Waals surface area contributed by atoms with Gasteiger partial charge in [-0.05, 0) is 52.1 Å². The van der Waals surface area contributed by atoms with Crippen molar-refractivity contribution in [3.63, 3.8) is 0 Å². The highest BCUT2D eigenvalue weighted by Crippen LogP contribution is 2.40. The van der Waals surface area contributed by atoms with Crippen LogP contribution in [0.2, 0.25) is 0 Å². The van der Waals surface area contributed by atoms with Gasteiger partial charge in [0.15, 0.2) is 0 Å². The summed E-state index contributed by atoms with van der Waals surface area (Å²) in [4.78, 5) is 2.49. The van der Waals surface area contributed by atoms with Crippen LogP contribution in [-0.2, 0) is 15.9 Å². The van der Waals surface area contributed by atoms with E-state index in [4.69, 9.17) is 9.31 Å². The van der Waals surface area contributed by atoms with Gasteiger partial charge in [-0.25, -0.2) is 0 Å². The number of benzene rings is 1. The molecule has 0 aliphatic carbocycles. The Kier molecular flexibility index (Phi) is 5.86. The maximum absolute atomic E-state index is 6.27. The molecule has 0 radical (unpaired) electrons. The van der Waals surface area contributed by atoms with Gasteiger partial charge in [0, 0.05) is 19.6 Å². The molecular weight excluding hydrogens is 320 g/mol. The van der Waals surface area contributed by atoms with Crippen molar-refractivity contribution in [2.24, 2.45) is 0 Å².